The van der Waals surface area contributed by atoms with E-state index in [1.54, 1.807) is 48.5 Å². The summed E-state index contributed by atoms with van der Waals surface area (Å²) >= 11 is 12.1. The van der Waals surface area contributed by atoms with Crippen LogP contribution in [-0.2, 0) is 21.3 Å². The lowest BCUT2D eigenvalue weighted by molar-refractivity contribution is 0.0603. The van der Waals surface area contributed by atoms with E-state index in [0.29, 0.717) is 37.8 Å². The first-order chi connectivity index (χ1) is 16.6. The van der Waals surface area contributed by atoms with Crippen molar-refractivity contribution in [2.24, 2.45) is 0 Å². The minimum Gasteiger partial charge on any atom is -0.465 e. The van der Waals surface area contributed by atoms with Crippen molar-refractivity contribution in [1.82, 2.24) is 4.57 Å². The molecule has 4 aromatic rings. The standard InChI is InChI=1S/C25H20Cl2N2O5S/c1-34-25(31)22-15-28(23-6-4-3-5-21(22)23)24(30)17-9-7-16(8-10-17)14-29(35(2,32)33)20-12-18(26)11-19(27)13-20/h3-13,15H,14H2,1-2H3. The Hall–Kier alpha value is -3.33. The molecular formula is C25H20Cl2N2O5S. The molecule has 180 valence electrons. The van der Waals surface area contributed by atoms with Gasteiger partial charge in [0, 0.05) is 27.2 Å². The molecule has 0 saturated carbocycles. The van der Waals surface area contributed by atoms with Crippen LogP contribution in [0.25, 0.3) is 10.9 Å². The lowest BCUT2D eigenvalue weighted by Crippen LogP contribution is -2.29. The molecule has 35 heavy (non-hydrogen) atoms. The quantitative estimate of drug-likeness (QED) is 0.312. The molecule has 0 aliphatic carbocycles. The zero-order valence-electron chi connectivity index (χ0n) is 18.7. The summed E-state index contributed by atoms with van der Waals surface area (Å²) in [7, 11) is -2.37. The number of esters is 1. The Balaban J connectivity index is 1.65. The van der Waals surface area contributed by atoms with E-state index >= 15 is 0 Å². The number of rotatable bonds is 6. The number of aromatic nitrogens is 1. The van der Waals surface area contributed by atoms with Crippen LogP contribution in [0.3, 0.4) is 0 Å². The number of nitrogens with zero attached hydrogens (tertiary/aromatic N) is 2. The van der Waals surface area contributed by atoms with Crippen molar-refractivity contribution in [3.05, 3.63) is 99.7 Å². The molecule has 0 N–H and O–H groups in total. The van der Waals surface area contributed by atoms with E-state index in [1.165, 1.54) is 40.4 Å². The van der Waals surface area contributed by atoms with Crippen LogP contribution < -0.4 is 4.31 Å². The maximum atomic E-state index is 13.2. The van der Waals surface area contributed by atoms with Gasteiger partial charge in [0.1, 0.15) is 0 Å². The summed E-state index contributed by atoms with van der Waals surface area (Å²) in [6.07, 6.45) is 2.55. The SMILES string of the molecule is COC(=O)c1cn(C(=O)c2ccc(CN(c3cc(Cl)cc(Cl)c3)S(C)(=O)=O)cc2)c2ccccc12. The number of anilines is 1. The van der Waals surface area contributed by atoms with E-state index in [1.807, 2.05) is 0 Å². The highest BCUT2D eigenvalue weighted by molar-refractivity contribution is 7.92. The second-order valence-corrected chi connectivity index (χ2v) is 10.6. The van der Waals surface area contributed by atoms with Crippen LogP contribution >= 0.6 is 23.2 Å². The van der Waals surface area contributed by atoms with Crippen LogP contribution in [0, 0.1) is 0 Å². The third-order valence-electron chi connectivity index (χ3n) is 5.40. The fourth-order valence-corrected chi connectivity index (χ4v) is 5.15. The molecule has 0 aliphatic heterocycles. The lowest BCUT2D eigenvalue weighted by Gasteiger charge is -2.23. The van der Waals surface area contributed by atoms with Crippen LogP contribution in [0.2, 0.25) is 10.0 Å². The third-order valence-corrected chi connectivity index (χ3v) is 6.98. The summed E-state index contributed by atoms with van der Waals surface area (Å²) in [6.45, 7) is 0.0168. The summed E-state index contributed by atoms with van der Waals surface area (Å²) in [6, 6.07) is 18.1. The topological polar surface area (TPSA) is 85.7 Å². The zero-order chi connectivity index (χ0) is 25.3. The van der Waals surface area contributed by atoms with Crippen molar-refractivity contribution in [3.8, 4) is 0 Å². The van der Waals surface area contributed by atoms with E-state index in [0.717, 1.165) is 6.26 Å². The average molecular weight is 531 g/mol. The normalized spacial score (nSPS) is 11.4. The fourth-order valence-electron chi connectivity index (χ4n) is 3.76. The van der Waals surface area contributed by atoms with E-state index in [-0.39, 0.29) is 18.0 Å². The van der Waals surface area contributed by atoms with Gasteiger partial charge in [0.15, 0.2) is 0 Å². The second-order valence-electron chi connectivity index (χ2n) is 7.82. The molecule has 0 radical (unpaired) electrons. The molecule has 0 atom stereocenters. The number of halogens is 2. The smallest absolute Gasteiger partial charge is 0.340 e. The molecule has 4 rings (SSSR count). The lowest BCUT2D eigenvalue weighted by atomic mass is 10.1. The van der Waals surface area contributed by atoms with Gasteiger partial charge < -0.3 is 4.74 Å². The molecule has 3 aromatic carbocycles. The number of carbonyl (C=O) groups excluding carboxylic acids is 2. The average Bonchev–Trinajstić information content (AvgIpc) is 3.20. The second kappa shape index (κ2) is 9.73. The van der Waals surface area contributed by atoms with E-state index in [9.17, 15) is 18.0 Å². The third kappa shape index (κ3) is 5.19. The number of sulfonamides is 1. The molecular weight excluding hydrogens is 511 g/mol. The first kappa shape index (κ1) is 24.8. The van der Waals surface area contributed by atoms with Gasteiger partial charge in [-0.1, -0.05) is 53.5 Å². The minimum absolute atomic E-state index is 0.0168. The van der Waals surface area contributed by atoms with Crippen LogP contribution in [-0.4, -0.2) is 38.2 Å². The number of fused-ring (bicyclic) bond motifs is 1. The number of para-hydroxylation sites is 1. The van der Waals surface area contributed by atoms with Crippen molar-refractivity contribution in [1.29, 1.82) is 0 Å². The van der Waals surface area contributed by atoms with Gasteiger partial charge >= 0.3 is 5.97 Å². The van der Waals surface area contributed by atoms with Crippen LogP contribution in [0.4, 0.5) is 5.69 Å². The van der Waals surface area contributed by atoms with Crippen LogP contribution in [0.5, 0.6) is 0 Å². The Morgan fingerprint density at radius 1 is 0.971 bits per heavy atom. The summed E-state index contributed by atoms with van der Waals surface area (Å²) in [5, 5.41) is 1.23. The summed E-state index contributed by atoms with van der Waals surface area (Å²) < 4.78 is 32.4. The zero-order valence-corrected chi connectivity index (χ0v) is 21.1. The molecule has 0 spiro atoms. The Morgan fingerprint density at radius 2 is 1.60 bits per heavy atom. The molecule has 0 saturated heterocycles. The van der Waals surface area contributed by atoms with Crippen molar-refractivity contribution >= 4 is 61.7 Å². The van der Waals surface area contributed by atoms with E-state index in [4.69, 9.17) is 27.9 Å². The first-order valence-electron chi connectivity index (χ1n) is 10.3. The molecule has 1 heterocycles. The van der Waals surface area contributed by atoms with Gasteiger partial charge in [-0.3, -0.25) is 13.7 Å². The molecule has 0 unspecified atom stereocenters. The Bertz CT molecular complexity index is 1530. The Labute approximate surface area is 212 Å². The van der Waals surface area contributed by atoms with Gasteiger partial charge in [-0.15, -0.1) is 0 Å². The van der Waals surface area contributed by atoms with Crippen molar-refractivity contribution in [2.75, 3.05) is 17.7 Å². The molecule has 1 aromatic heterocycles. The summed E-state index contributed by atoms with van der Waals surface area (Å²) in [4.78, 5) is 25.4. The highest BCUT2D eigenvalue weighted by Gasteiger charge is 2.21. The fraction of sp³-hybridized carbons (Fsp3) is 0.120. The van der Waals surface area contributed by atoms with Gasteiger partial charge in [0.05, 0.1) is 36.7 Å². The molecule has 0 amide bonds. The number of benzene rings is 3. The predicted molar refractivity (Wildman–Crippen MR) is 137 cm³/mol. The maximum absolute atomic E-state index is 13.2. The van der Waals surface area contributed by atoms with E-state index < -0.39 is 16.0 Å². The maximum Gasteiger partial charge on any atom is 0.340 e. The van der Waals surface area contributed by atoms with Gasteiger partial charge in [0.25, 0.3) is 5.91 Å². The Morgan fingerprint density at radius 3 is 2.20 bits per heavy atom. The molecule has 10 heteroatoms. The van der Waals surface area contributed by atoms with E-state index in [2.05, 4.69) is 0 Å². The van der Waals surface area contributed by atoms with Gasteiger partial charge in [-0.25, -0.2) is 13.2 Å². The van der Waals surface area contributed by atoms with Gasteiger partial charge in [0.2, 0.25) is 10.0 Å². The number of carbonyl (C=O) groups is 2. The number of methoxy groups -OCH3 is 1. The number of ether oxygens (including phenoxy) is 1. The first-order valence-corrected chi connectivity index (χ1v) is 12.9. The number of hydrogen-bond acceptors (Lipinski definition) is 5. The van der Waals surface area contributed by atoms with Crippen molar-refractivity contribution in [3.63, 3.8) is 0 Å². The van der Waals surface area contributed by atoms with Crippen molar-refractivity contribution in [2.45, 2.75) is 6.54 Å². The van der Waals surface area contributed by atoms with Crippen LogP contribution in [0.1, 0.15) is 26.3 Å². The monoisotopic (exact) mass is 530 g/mol. The molecule has 0 bridgehead atoms. The summed E-state index contributed by atoms with van der Waals surface area (Å²) in [5.41, 5.74) is 2.21. The van der Waals surface area contributed by atoms with Crippen LogP contribution in [0.15, 0.2) is 72.9 Å². The predicted octanol–water partition coefficient (Wildman–Crippen LogP) is 5.39. The van der Waals surface area contributed by atoms with Crippen molar-refractivity contribution < 1.29 is 22.7 Å². The molecule has 0 fully saturated rings. The minimum atomic E-state index is -3.65. The largest absolute Gasteiger partial charge is 0.465 e. The molecule has 7 nitrogen and oxygen atoms in total. The highest BCUT2D eigenvalue weighted by Crippen LogP contribution is 2.29. The Kier molecular flexibility index (Phi) is 6.89. The molecule has 0 aliphatic rings. The van der Waals surface area contributed by atoms with Gasteiger partial charge in [-0.2, -0.15) is 0 Å². The van der Waals surface area contributed by atoms with Gasteiger partial charge in [-0.05, 0) is 42.0 Å². The summed E-state index contributed by atoms with van der Waals surface area (Å²) in [5.74, 6) is -0.880. The number of hydrogen-bond donors (Lipinski definition) is 0. The highest BCUT2D eigenvalue weighted by atomic mass is 35.5.